The quantitative estimate of drug-likeness (QED) is 0.780. The fourth-order valence-electron chi connectivity index (χ4n) is 1.95. The van der Waals surface area contributed by atoms with E-state index in [0.717, 1.165) is 23.6 Å². The molecule has 0 fully saturated rings. The predicted octanol–water partition coefficient (Wildman–Crippen LogP) is 1.09. The molecule has 3 N–H and O–H groups in total. The molecule has 0 aliphatic heterocycles. The first-order chi connectivity index (χ1) is 9.33. The molecule has 0 unspecified atom stereocenters. The van der Waals surface area contributed by atoms with Crippen molar-refractivity contribution in [3.63, 3.8) is 0 Å². The molecule has 5 nitrogen and oxygen atoms in total. The summed E-state index contributed by atoms with van der Waals surface area (Å²) >= 11 is 0. The molecule has 0 radical (unpaired) electrons. The van der Waals surface area contributed by atoms with Gasteiger partial charge in [0.05, 0.1) is 12.3 Å². The van der Waals surface area contributed by atoms with Crippen molar-refractivity contribution in [2.24, 2.45) is 5.73 Å². The third-order valence-electron chi connectivity index (χ3n) is 2.86. The summed E-state index contributed by atoms with van der Waals surface area (Å²) in [7, 11) is 0. The average Bonchev–Trinajstić information content (AvgIpc) is 2.89. The highest BCUT2D eigenvalue weighted by atomic mass is 16.5. The maximum absolute atomic E-state index is 9.00. The van der Waals surface area contributed by atoms with Crippen LogP contribution < -0.4 is 5.73 Å². The Morgan fingerprint density at radius 1 is 1.21 bits per heavy atom. The third-order valence-corrected chi connectivity index (χ3v) is 2.86. The summed E-state index contributed by atoms with van der Waals surface area (Å²) in [5, 5.41) is 13.1. The molecule has 2 rings (SSSR count). The molecule has 19 heavy (non-hydrogen) atoms. The Balaban J connectivity index is 2.04. The Hall–Kier alpha value is -1.69. The van der Waals surface area contributed by atoms with Crippen LogP contribution in [0.15, 0.2) is 40.9 Å². The number of rotatable bonds is 7. The molecule has 2 aromatic rings. The third kappa shape index (κ3) is 3.89. The smallest absolute Gasteiger partial charge is 0.167 e. The van der Waals surface area contributed by atoms with Gasteiger partial charge in [0.15, 0.2) is 5.76 Å². The normalized spacial score (nSPS) is 11.1. The van der Waals surface area contributed by atoms with Crippen LogP contribution in [-0.4, -0.2) is 41.4 Å². The van der Waals surface area contributed by atoms with Crippen LogP contribution in [0.1, 0.15) is 5.69 Å². The van der Waals surface area contributed by atoms with Crippen LogP contribution >= 0.6 is 0 Å². The monoisotopic (exact) mass is 261 g/mol. The fourth-order valence-corrected chi connectivity index (χ4v) is 1.95. The van der Waals surface area contributed by atoms with Crippen molar-refractivity contribution in [2.45, 2.75) is 6.54 Å². The molecule has 0 bridgehead atoms. The first-order valence-corrected chi connectivity index (χ1v) is 6.38. The van der Waals surface area contributed by atoms with Crippen molar-refractivity contribution in [3.8, 4) is 11.3 Å². The van der Waals surface area contributed by atoms with E-state index in [1.165, 1.54) is 0 Å². The van der Waals surface area contributed by atoms with Gasteiger partial charge in [0.1, 0.15) is 0 Å². The van der Waals surface area contributed by atoms with Crippen LogP contribution in [0.2, 0.25) is 0 Å². The summed E-state index contributed by atoms with van der Waals surface area (Å²) < 4.78 is 5.34. The molecule has 5 heteroatoms. The molecule has 0 saturated heterocycles. The van der Waals surface area contributed by atoms with Crippen molar-refractivity contribution in [1.29, 1.82) is 0 Å². The number of aromatic nitrogens is 1. The highest BCUT2D eigenvalue weighted by molar-refractivity contribution is 5.56. The van der Waals surface area contributed by atoms with Crippen LogP contribution in [-0.2, 0) is 6.54 Å². The molecule has 1 heterocycles. The number of hydrogen-bond donors (Lipinski definition) is 2. The first kappa shape index (κ1) is 13.7. The number of hydrogen-bond acceptors (Lipinski definition) is 5. The van der Waals surface area contributed by atoms with E-state index in [2.05, 4.69) is 5.16 Å². The summed E-state index contributed by atoms with van der Waals surface area (Å²) in [6.07, 6.45) is 0. The molecule has 1 aromatic heterocycles. The lowest BCUT2D eigenvalue weighted by Gasteiger charge is -2.18. The molecular formula is C14H19N3O2. The van der Waals surface area contributed by atoms with Crippen LogP contribution in [0.4, 0.5) is 0 Å². The van der Waals surface area contributed by atoms with Gasteiger partial charge >= 0.3 is 0 Å². The first-order valence-electron chi connectivity index (χ1n) is 6.38. The second-order valence-electron chi connectivity index (χ2n) is 4.34. The molecule has 1 aromatic carbocycles. The average molecular weight is 261 g/mol. The summed E-state index contributed by atoms with van der Waals surface area (Å²) in [6.45, 7) is 2.62. The second-order valence-corrected chi connectivity index (χ2v) is 4.34. The van der Waals surface area contributed by atoms with Gasteiger partial charge in [-0.1, -0.05) is 35.5 Å². The van der Waals surface area contributed by atoms with E-state index >= 15 is 0 Å². The van der Waals surface area contributed by atoms with E-state index in [9.17, 15) is 0 Å². The molecule has 0 saturated carbocycles. The summed E-state index contributed by atoms with van der Waals surface area (Å²) in [5.74, 6) is 0.757. The topological polar surface area (TPSA) is 75.5 Å². The maximum Gasteiger partial charge on any atom is 0.167 e. The number of nitrogens with zero attached hydrogens (tertiary/aromatic N) is 2. The van der Waals surface area contributed by atoms with Gasteiger partial charge in [-0.15, -0.1) is 0 Å². The molecule has 0 aliphatic rings. The predicted molar refractivity (Wildman–Crippen MR) is 73.4 cm³/mol. The van der Waals surface area contributed by atoms with Crippen LogP contribution in [0.5, 0.6) is 0 Å². The van der Waals surface area contributed by atoms with Gasteiger partial charge in [-0.2, -0.15) is 0 Å². The van der Waals surface area contributed by atoms with E-state index in [-0.39, 0.29) is 6.61 Å². The Labute approximate surface area is 112 Å². The van der Waals surface area contributed by atoms with Crippen LogP contribution in [0.3, 0.4) is 0 Å². The number of aliphatic hydroxyl groups is 1. The molecule has 102 valence electrons. The molecule has 0 amide bonds. The summed E-state index contributed by atoms with van der Waals surface area (Å²) in [6, 6.07) is 11.8. The van der Waals surface area contributed by atoms with E-state index in [0.29, 0.717) is 19.6 Å². The van der Waals surface area contributed by atoms with Gasteiger partial charge in [0.25, 0.3) is 0 Å². The van der Waals surface area contributed by atoms with Gasteiger partial charge in [-0.25, -0.2) is 0 Å². The van der Waals surface area contributed by atoms with Gasteiger partial charge in [0.2, 0.25) is 0 Å². The number of nitrogens with two attached hydrogens (primary N) is 1. The van der Waals surface area contributed by atoms with Gasteiger partial charge in [-0.3, -0.25) is 4.90 Å². The maximum atomic E-state index is 9.00. The summed E-state index contributed by atoms with van der Waals surface area (Å²) in [5.41, 5.74) is 7.40. The molecule has 0 spiro atoms. The Kier molecular flexibility index (Phi) is 5.09. The van der Waals surface area contributed by atoms with Crippen molar-refractivity contribution in [2.75, 3.05) is 26.2 Å². The van der Waals surface area contributed by atoms with Crippen molar-refractivity contribution < 1.29 is 9.63 Å². The van der Waals surface area contributed by atoms with Crippen LogP contribution in [0.25, 0.3) is 11.3 Å². The van der Waals surface area contributed by atoms with Crippen LogP contribution in [0, 0.1) is 0 Å². The lowest BCUT2D eigenvalue weighted by Crippen LogP contribution is -2.31. The molecule has 0 aliphatic carbocycles. The van der Waals surface area contributed by atoms with E-state index in [1.807, 2.05) is 41.3 Å². The van der Waals surface area contributed by atoms with E-state index in [4.69, 9.17) is 15.4 Å². The fraction of sp³-hybridized carbons (Fsp3) is 0.357. The zero-order valence-electron chi connectivity index (χ0n) is 10.8. The van der Waals surface area contributed by atoms with Gasteiger partial charge in [0, 0.05) is 37.8 Å². The minimum absolute atomic E-state index is 0.114. The van der Waals surface area contributed by atoms with Gasteiger partial charge in [-0.05, 0) is 0 Å². The lowest BCUT2D eigenvalue weighted by atomic mass is 10.1. The van der Waals surface area contributed by atoms with Crippen molar-refractivity contribution in [1.82, 2.24) is 10.1 Å². The standard InChI is InChI=1S/C14H19N3O2/c15-6-7-17(8-9-18)11-13-10-14(19-16-13)12-4-2-1-3-5-12/h1-5,10,18H,6-9,11,15H2. The number of benzene rings is 1. The van der Waals surface area contributed by atoms with Crippen molar-refractivity contribution >= 4 is 0 Å². The zero-order chi connectivity index (χ0) is 13.5. The second kappa shape index (κ2) is 7.04. The Morgan fingerprint density at radius 3 is 2.68 bits per heavy atom. The zero-order valence-corrected chi connectivity index (χ0v) is 10.8. The van der Waals surface area contributed by atoms with Gasteiger partial charge < -0.3 is 15.4 Å². The number of aliphatic hydroxyl groups excluding tert-OH is 1. The highest BCUT2D eigenvalue weighted by Gasteiger charge is 2.10. The molecular weight excluding hydrogens is 242 g/mol. The molecule has 0 atom stereocenters. The van der Waals surface area contributed by atoms with Crippen molar-refractivity contribution in [3.05, 3.63) is 42.1 Å². The SMILES string of the molecule is NCCN(CCO)Cc1cc(-c2ccccc2)on1. The minimum atomic E-state index is 0.114. The Morgan fingerprint density at radius 2 is 2.00 bits per heavy atom. The minimum Gasteiger partial charge on any atom is -0.395 e. The lowest BCUT2D eigenvalue weighted by molar-refractivity contribution is 0.190. The largest absolute Gasteiger partial charge is 0.395 e. The highest BCUT2D eigenvalue weighted by Crippen LogP contribution is 2.20. The van der Waals surface area contributed by atoms with E-state index in [1.54, 1.807) is 0 Å². The Bertz CT molecular complexity index is 478. The van der Waals surface area contributed by atoms with E-state index < -0.39 is 0 Å². The summed E-state index contributed by atoms with van der Waals surface area (Å²) in [4.78, 5) is 2.05.